The molecule has 1 fully saturated rings. The highest BCUT2D eigenvalue weighted by Crippen LogP contribution is 2.19. The molecule has 1 aromatic rings. The predicted molar refractivity (Wildman–Crippen MR) is 75.0 cm³/mol. The monoisotopic (exact) mass is 325 g/mol. The summed E-state index contributed by atoms with van der Waals surface area (Å²) < 4.78 is 6.29. The Kier molecular flexibility index (Phi) is 4.24. The van der Waals surface area contributed by atoms with Gasteiger partial charge in [-0.2, -0.15) is 0 Å². The molecule has 1 amide bonds. The van der Waals surface area contributed by atoms with Crippen LogP contribution in [0.15, 0.2) is 22.7 Å². The molecule has 0 aromatic heterocycles. The summed E-state index contributed by atoms with van der Waals surface area (Å²) in [5, 5.41) is 0. The molecular formula is C14H16BrNO3. The number of carbonyl (C=O) groups is 2. The van der Waals surface area contributed by atoms with Crippen molar-refractivity contribution in [3.8, 4) is 0 Å². The summed E-state index contributed by atoms with van der Waals surface area (Å²) >= 11 is 3.36. The number of amides is 1. The van der Waals surface area contributed by atoms with Crippen molar-refractivity contribution < 1.29 is 14.3 Å². The highest BCUT2D eigenvalue weighted by molar-refractivity contribution is 9.10. The van der Waals surface area contributed by atoms with E-state index in [4.69, 9.17) is 4.74 Å². The fourth-order valence-electron chi connectivity index (χ4n) is 2.18. The van der Waals surface area contributed by atoms with Crippen molar-refractivity contribution in [3.63, 3.8) is 0 Å². The van der Waals surface area contributed by atoms with Gasteiger partial charge >= 0.3 is 5.97 Å². The van der Waals surface area contributed by atoms with Crippen molar-refractivity contribution in [1.29, 1.82) is 0 Å². The van der Waals surface area contributed by atoms with E-state index in [0.717, 1.165) is 10.0 Å². The third-order valence-electron chi connectivity index (χ3n) is 3.14. The van der Waals surface area contributed by atoms with Crippen molar-refractivity contribution in [2.24, 2.45) is 0 Å². The summed E-state index contributed by atoms with van der Waals surface area (Å²) in [4.78, 5) is 24.9. The molecule has 1 aromatic carbocycles. The summed E-state index contributed by atoms with van der Waals surface area (Å²) in [5.74, 6) is -0.309. The van der Waals surface area contributed by atoms with Gasteiger partial charge in [0.15, 0.2) is 0 Å². The quantitative estimate of drug-likeness (QED) is 0.785. The number of aryl methyl sites for hydroxylation is 1. The van der Waals surface area contributed by atoms with Gasteiger partial charge in [-0.15, -0.1) is 0 Å². The van der Waals surface area contributed by atoms with Crippen LogP contribution in [0.4, 0.5) is 0 Å². The van der Waals surface area contributed by atoms with Crippen molar-refractivity contribution in [1.82, 2.24) is 4.90 Å². The van der Waals surface area contributed by atoms with E-state index in [1.807, 2.05) is 13.0 Å². The van der Waals surface area contributed by atoms with Crippen LogP contribution in [0.1, 0.15) is 29.3 Å². The van der Waals surface area contributed by atoms with Crippen LogP contribution in [0.5, 0.6) is 0 Å². The molecule has 102 valence electrons. The van der Waals surface area contributed by atoms with Gasteiger partial charge in [-0.1, -0.05) is 15.9 Å². The first-order valence-corrected chi connectivity index (χ1v) is 6.98. The van der Waals surface area contributed by atoms with Crippen LogP contribution in [0.2, 0.25) is 0 Å². The van der Waals surface area contributed by atoms with Gasteiger partial charge in [-0.25, -0.2) is 4.79 Å². The van der Waals surface area contributed by atoms with E-state index in [2.05, 4.69) is 15.9 Å². The normalized spacial score (nSPS) is 18.5. The van der Waals surface area contributed by atoms with E-state index in [9.17, 15) is 9.59 Å². The van der Waals surface area contributed by atoms with E-state index in [1.54, 1.807) is 17.0 Å². The number of ether oxygens (including phenoxy) is 1. The second kappa shape index (κ2) is 5.74. The molecule has 4 nitrogen and oxygen atoms in total. The molecule has 0 saturated carbocycles. The van der Waals surface area contributed by atoms with Crippen LogP contribution in [0, 0.1) is 6.92 Å². The number of carbonyl (C=O) groups excluding carboxylic acids is 2. The third kappa shape index (κ3) is 3.56. The molecule has 0 radical (unpaired) electrons. The predicted octanol–water partition coefficient (Wildman–Crippen LogP) is 2.54. The molecule has 0 bridgehead atoms. The summed E-state index contributed by atoms with van der Waals surface area (Å²) in [5.41, 5.74) is 1.53. The Balaban J connectivity index is 2.00. The fourth-order valence-corrected chi connectivity index (χ4v) is 2.79. The number of nitrogens with zero attached hydrogens (tertiary/aromatic N) is 1. The van der Waals surface area contributed by atoms with Gasteiger partial charge in [0.2, 0.25) is 5.91 Å². The Labute approximate surface area is 120 Å². The molecular weight excluding hydrogens is 310 g/mol. The molecule has 19 heavy (non-hydrogen) atoms. The number of hydrogen-bond acceptors (Lipinski definition) is 3. The Morgan fingerprint density at radius 1 is 1.37 bits per heavy atom. The number of hydrogen-bond donors (Lipinski definition) is 0. The van der Waals surface area contributed by atoms with Crippen LogP contribution in [0.25, 0.3) is 0 Å². The highest BCUT2D eigenvalue weighted by atomic mass is 79.9. The standard InChI is InChI=1S/C14H16BrNO3/c1-9-5-11(7-12(15)6-9)14(18)19-13-3-4-16(8-13)10(2)17/h5-7,13H,3-4,8H2,1-2H3. The second-order valence-electron chi connectivity index (χ2n) is 4.80. The van der Waals surface area contributed by atoms with E-state index in [0.29, 0.717) is 25.1 Å². The molecule has 2 rings (SSSR count). The second-order valence-corrected chi connectivity index (χ2v) is 5.71. The van der Waals surface area contributed by atoms with Gasteiger partial charge in [-0.3, -0.25) is 4.79 Å². The van der Waals surface area contributed by atoms with Gasteiger partial charge in [0, 0.05) is 24.4 Å². The lowest BCUT2D eigenvalue weighted by molar-refractivity contribution is -0.128. The van der Waals surface area contributed by atoms with Crippen LogP contribution in [0.3, 0.4) is 0 Å². The first-order chi connectivity index (χ1) is 8.95. The molecule has 0 spiro atoms. The summed E-state index contributed by atoms with van der Waals surface area (Å²) in [7, 11) is 0. The number of likely N-dealkylation sites (tertiary alicyclic amines) is 1. The first kappa shape index (κ1) is 14.1. The number of esters is 1. The number of halogens is 1. The maximum Gasteiger partial charge on any atom is 0.338 e. The third-order valence-corrected chi connectivity index (χ3v) is 3.60. The van der Waals surface area contributed by atoms with Crippen molar-refractivity contribution in [2.45, 2.75) is 26.4 Å². The first-order valence-electron chi connectivity index (χ1n) is 6.19. The zero-order valence-electron chi connectivity index (χ0n) is 11.0. The maximum atomic E-state index is 12.0. The SMILES string of the molecule is CC(=O)N1CCC(OC(=O)c2cc(C)cc(Br)c2)C1. The topological polar surface area (TPSA) is 46.6 Å². The number of rotatable bonds is 2. The Morgan fingerprint density at radius 3 is 2.68 bits per heavy atom. The zero-order chi connectivity index (χ0) is 14.0. The lowest BCUT2D eigenvalue weighted by atomic mass is 10.1. The molecule has 5 heteroatoms. The van der Waals surface area contributed by atoms with Gasteiger partial charge in [0.1, 0.15) is 6.10 Å². The summed E-state index contributed by atoms with van der Waals surface area (Å²) in [6.07, 6.45) is 0.508. The molecule has 1 unspecified atom stereocenters. The van der Waals surface area contributed by atoms with Gasteiger partial charge in [0.25, 0.3) is 0 Å². The van der Waals surface area contributed by atoms with Crippen LogP contribution in [-0.4, -0.2) is 36.0 Å². The number of benzene rings is 1. The smallest absolute Gasteiger partial charge is 0.338 e. The van der Waals surface area contributed by atoms with Gasteiger partial charge in [-0.05, 0) is 30.7 Å². The minimum atomic E-state index is -0.334. The average molecular weight is 326 g/mol. The van der Waals surface area contributed by atoms with E-state index in [1.165, 1.54) is 6.92 Å². The zero-order valence-corrected chi connectivity index (χ0v) is 12.6. The summed E-state index contributed by atoms with van der Waals surface area (Å²) in [6, 6.07) is 5.47. The molecule has 1 atom stereocenters. The largest absolute Gasteiger partial charge is 0.457 e. The van der Waals surface area contributed by atoms with Crippen LogP contribution < -0.4 is 0 Å². The molecule has 1 heterocycles. The Morgan fingerprint density at radius 2 is 2.11 bits per heavy atom. The van der Waals surface area contributed by atoms with Crippen LogP contribution in [-0.2, 0) is 9.53 Å². The Bertz CT molecular complexity index is 495. The van der Waals surface area contributed by atoms with E-state index >= 15 is 0 Å². The van der Waals surface area contributed by atoms with Gasteiger partial charge in [0.05, 0.1) is 12.1 Å². The van der Waals surface area contributed by atoms with E-state index < -0.39 is 0 Å². The highest BCUT2D eigenvalue weighted by Gasteiger charge is 2.27. The minimum Gasteiger partial charge on any atom is -0.457 e. The fraction of sp³-hybridized carbons (Fsp3) is 0.429. The van der Waals surface area contributed by atoms with Crippen LogP contribution >= 0.6 is 15.9 Å². The van der Waals surface area contributed by atoms with Crippen molar-refractivity contribution in [3.05, 3.63) is 33.8 Å². The minimum absolute atomic E-state index is 0.0249. The molecule has 0 N–H and O–H groups in total. The molecule has 1 saturated heterocycles. The average Bonchev–Trinajstić information content (AvgIpc) is 2.76. The lowest BCUT2D eigenvalue weighted by Gasteiger charge is -2.14. The Hall–Kier alpha value is -1.36. The van der Waals surface area contributed by atoms with Gasteiger partial charge < -0.3 is 9.64 Å². The van der Waals surface area contributed by atoms with E-state index in [-0.39, 0.29) is 18.0 Å². The van der Waals surface area contributed by atoms with Crippen molar-refractivity contribution in [2.75, 3.05) is 13.1 Å². The summed E-state index contributed by atoms with van der Waals surface area (Å²) in [6.45, 7) is 4.61. The molecule has 1 aliphatic heterocycles. The lowest BCUT2D eigenvalue weighted by Crippen LogP contribution is -2.28. The maximum absolute atomic E-state index is 12.0. The van der Waals surface area contributed by atoms with Crippen molar-refractivity contribution >= 4 is 27.8 Å². The molecule has 1 aliphatic rings. The molecule has 0 aliphatic carbocycles.